The molecule has 0 saturated heterocycles. The molecular weight excluding hydrogens is 1320 g/mol. The number of rotatable bonds is 80. The number of hydrogen-bond donors (Lipinski definition) is 3. The third-order valence-corrected chi connectivity index (χ3v) is 21.0. The summed E-state index contributed by atoms with van der Waals surface area (Å²) in [5.41, 5.74) is 0. The van der Waals surface area contributed by atoms with E-state index in [2.05, 4.69) is 48.5 Å². The molecule has 19 heteroatoms. The molecule has 0 amide bonds. The molecule has 600 valence electrons. The Bertz CT molecular complexity index is 1960. The molecule has 0 aliphatic carbocycles. The zero-order valence-electron chi connectivity index (χ0n) is 66.4. The third-order valence-electron chi connectivity index (χ3n) is 19.1. The van der Waals surface area contributed by atoms with E-state index in [1.807, 2.05) is 0 Å². The highest BCUT2D eigenvalue weighted by Gasteiger charge is 2.30. The molecule has 5 atom stereocenters. The lowest BCUT2D eigenvalue weighted by molar-refractivity contribution is -0.161. The van der Waals surface area contributed by atoms with Crippen molar-refractivity contribution in [2.24, 2.45) is 17.8 Å². The molecule has 0 aliphatic heterocycles. The van der Waals surface area contributed by atoms with Gasteiger partial charge in [0.05, 0.1) is 26.4 Å². The second kappa shape index (κ2) is 72.3. The van der Waals surface area contributed by atoms with E-state index in [1.54, 1.807) is 0 Å². The van der Waals surface area contributed by atoms with Crippen LogP contribution in [-0.2, 0) is 65.4 Å². The van der Waals surface area contributed by atoms with Crippen LogP contribution >= 0.6 is 15.6 Å². The lowest BCUT2D eigenvalue weighted by Gasteiger charge is -2.21. The molecule has 0 bridgehead atoms. The first-order chi connectivity index (χ1) is 48.7. The van der Waals surface area contributed by atoms with Gasteiger partial charge in [-0.2, -0.15) is 0 Å². The molecule has 0 aromatic rings. The van der Waals surface area contributed by atoms with Crippen molar-refractivity contribution in [1.29, 1.82) is 0 Å². The lowest BCUT2D eigenvalue weighted by atomic mass is 10.0. The van der Waals surface area contributed by atoms with Crippen LogP contribution in [0.2, 0.25) is 0 Å². The summed E-state index contributed by atoms with van der Waals surface area (Å²) in [6, 6.07) is 0. The highest BCUT2D eigenvalue weighted by molar-refractivity contribution is 7.47. The second-order valence-corrected chi connectivity index (χ2v) is 33.8. The van der Waals surface area contributed by atoms with Crippen molar-refractivity contribution in [1.82, 2.24) is 0 Å². The molecule has 0 radical (unpaired) electrons. The van der Waals surface area contributed by atoms with Gasteiger partial charge in [0.2, 0.25) is 0 Å². The number of aliphatic hydroxyl groups excluding tert-OH is 1. The summed E-state index contributed by atoms with van der Waals surface area (Å²) in [6.45, 7) is 11.9. The van der Waals surface area contributed by atoms with Crippen molar-refractivity contribution in [3.8, 4) is 0 Å². The molecular formula is C82H160O17P2. The number of aliphatic hydroxyl groups is 1. The first-order valence-electron chi connectivity index (χ1n) is 42.3. The molecule has 0 aliphatic rings. The first kappa shape index (κ1) is 99.1. The number of hydrogen-bond acceptors (Lipinski definition) is 15. The summed E-state index contributed by atoms with van der Waals surface area (Å²) >= 11 is 0. The van der Waals surface area contributed by atoms with Crippen LogP contribution in [0.5, 0.6) is 0 Å². The van der Waals surface area contributed by atoms with Crippen molar-refractivity contribution in [3.63, 3.8) is 0 Å². The molecule has 2 unspecified atom stereocenters. The Morgan fingerprint density at radius 2 is 0.455 bits per heavy atom. The fraction of sp³-hybridized carbons (Fsp3) is 0.951. The number of esters is 4. The quantitative estimate of drug-likeness (QED) is 0.0222. The molecule has 0 heterocycles. The molecule has 0 aromatic heterocycles. The van der Waals surface area contributed by atoms with Gasteiger partial charge in [-0.3, -0.25) is 37.3 Å². The van der Waals surface area contributed by atoms with Gasteiger partial charge in [-0.15, -0.1) is 0 Å². The van der Waals surface area contributed by atoms with Crippen LogP contribution < -0.4 is 0 Å². The number of ether oxygens (including phenoxy) is 4. The normalized spacial score (nSPS) is 14.0. The van der Waals surface area contributed by atoms with Crippen LogP contribution in [0.3, 0.4) is 0 Å². The predicted molar refractivity (Wildman–Crippen MR) is 414 cm³/mol. The summed E-state index contributed by atoms with van der Waals surface area (Å²) in [7, 11) is -9.92. The van der Waals surface area contributed by atoms with Crippen molar-refractivity contribution in [2.75, 3.05) is 39.6 Å². The monoisotopic (exact) mass is 1480 g/mol. The zero-order valence-corrected chi connectivity index (χ0v) is 68.2. The maximum absolute atomic E-state index is 13.1. The largest absolute Gasteiger partial charge is 0.472 e. The van der Waals surface area contributed by atoms with Gasteiger partial charge in [-0.25, -0.2) is 9.13 Å². The van der Waals surface area contributed by atoms with Gasteiger partial charge in [-0.1, -0.05) is 376 Å². The van der Waals surface area contributed by atoms with Gasteiger partial charge in [0.1, 0.15) is 19.3 Å². The van der Waals surface area contributed by atoms with E-state index in [4.69, 9.17) is 37.0 Å². The molecule has 0 aromatic carbocycles. The van der Waals surface area contributed by atoms with E-state index in [0.29, 0.717) is 25.7 Å². The smallest absolute Gasteiger partial charge is 0.462 e. The van der Waals surface area contributed by atoms with E-state index >= 15 is 0 Å². The molecule has 0 saturated carbocycles. The Kier molecular flexibility index (Phi) is 70.9. The molecule has 0 spiro atoms. The van der Waals surface area contributed by atoms with E-state index in [1.165, 1.54) is 238 Å². The van der Waals surface area contributed by atoms with Gasteiger partial charge in [-0.05, 0) is 43.4 Å². The maximum Gasteiger partial charge on any atom is 0.472 e. The average Bonchev–Trinajstić information content (AvgIpc) is 0.948. The van der Waals surface area contributed by atoms with Crippen LogP contribution in [0, 0.1) is 17.8 Å². The maximum atomic E-state index is 13.1. The SMILES string of the molecule is CCCCCCCCCCCCCCCCCCCCCCC(=O)O[C@H](COC(=O)CCCCCCCCCCCCCCCCC(C)C)COP(=O)(O)OC[C@@H](O)COP(=O)(O)OC[C@@H](COC(=O)CCCCCCCCCCC(C)C)OC(=O)CCCCCCCCCCCCC(C)C. The van der Waals surface area contributed by atoms with Crippen LogP contribution in [0.15, 0.2) is 0 Å². The first-order valence-corrected chi connectivity index (χ1v) is 45.3. The van der Waals surface area contributed by atoms with E-state index in [9.17, 15) is 43.2 Å². The fourth-order valence-electron chi connectivity index (χ4n) is 12.7. The number of carbonyl (C=O) groups excluding carboxylic acids is 4. The summed E-state index contributed by atoms with van der Waals surface area (Å²) < 4.78 is 68.7. The predicted octanol–water partition coefficient (Wildman–Crippen LogP) is 24.5. The molecule has 101 heavy (non-hydrogen) atoms. The van der Waals surface area contributed by atoms with Crippen LogP contribution in [0.1, 0.15) is 427 Å². The minimum absolute atomic E-state index is 0.105. The summed E-state index contributed by atoms with van der Waals surface area (Å²) in [5, 5.41) is 10.6. The molecule has 3 N–H and O–H groups in total. The third kappa shape index (κ3) is 76.1. The van der Waals surface area contributed by atoms with Gasteiger partial charge in [0.15, 0.2) is 12.2 Å². The summed E-state index contributed by atoms with van der Waals surface area (Å²) in [5.74, 6) is 0.167. The molecule has 17 nitrogen and oxygen atoms in total. The Labute approximate surface area is 619 Å². The van der Waals surface area contributed by atoms with Crippen molar-refractivity contribution in [3.05, 3.63) is 0 Å². The minimum Gasteiger partial charge on any atom is -0.462 e. The summed E-state index contributed by atoms with van der Waals surface area (Å²) in [4.78, 5) is 73.1. The van der Waals surface area contributed by atoms with Gasteiger partial charge < -0.3 is 33.8 Å². The van der Waals surface area contributed by atoms with Crippen molar-refractivity contribution >= 4 is 39.5 Å². The molecule has 0 fully saturated rings. The number of phosphoric acid groups is 2. The van der Waals surface area contributed by atoms with Gasteiger partial charge >= 0.3 is 39.5 Å². The van der Waals surface area contributed by atoms with Crippen molar-refractivity contribution in [2.45, 2.75) is 446 Å². The van der Waals surface area contributed by atoms with Gasteiger partial charge in [0.25, 0.3) is 0 Å². The average molecular weight is 1480 g/mol. The van der Waals surface area contributed by atoms with Crippen molar-refractivity contribution < 1.29 is 80.2 Å². The Morgan fingerprint density at radius 3 is 0.673 bits per heavy atom. The number of unbranched alkanes of at least 4 members (excludes halogenated alkanes) is 48. The minimum atomic E-state index is -4.96. The van der Waals surface area contributed by atoms with Gasteiger partial charge in [0, 0.05) is 25.7 Å². The summed E-state index contributed by atoms with van der Waals surface area (Å²) in [6.07, 6.45) is 61.2. The van der Waals surface area contributed by atoms with Crippen LogP contribution in [-0.4, -0.2) is 96.7 Å². The Morgan fingerprint density at radius 1 is 0.267 bits per heavy atom. The van der Waals surface area contributed by atoms with E-state index in [0.717, 1.165) is 108 Å². The topological polar surface area (TPSA) is 237 Å². The van der Waals surface area contributed by atoms with Crippen LogP contribution in [0.4, 0.5) is 0 Å². The Hall–Kier alpha value is -1.94. The number of carbonyl (C=O) groups is 4. The Balaban J connectivity index is 5.24. The second-order valence-electron chi connectivity index (χ2n) is 30.9. The lowest BCUT2D eigenvalue weighted by Crippen LogP contribution is -2.30. The van der Waals surface area contributed by atoms with E-state index in [-0.39, 0.29) is 25.7 Å². The molecule has 0 rings (SSSR count). The van der Waals surface area contributed by atoms with Crippen LogP contribution in [0.25, 0.3) is 0 Å². The number of phosphoric ester groups is 2. The zero-order chi connectivity index (χ0) is 74.4. The highest BCUT2D eigenvalue weighted by Crippen LogP contribution is 2.45. The van der Waals surface area contributed by atoms with E-state index < -0.39 is 97.5 Å². The highest BCUT2D eigenvalue weighted by atomic mass is 31.2. The standard InChI is InChI=1S/C82H160O17P2/c1-8-9-10-11-12-13-14-15-16-17-18-19-20-21-26-29-35-44-51-58-65-81(86)98-77(69-92-79(84)63-56-49-42-34-28-25-23-22-24-27-32-39-46-53-60-73(2)3)71-96-100(88,89)94-67-76(83)68-95-101(90,91)97-72-78(70-93-80(85)64-57-50-43-38-37-41-48-55-62-75(6)7)99-82(87)66-59-52-45-36-31-30-33-40-47-54-61-74(4)5/h73-78,83H,8-72H2,1-7H3,(H,88,89)(H,90,91)/t76-,77-,78-/m1/s1. The fourth-order valence-corrected chi connectivity index (χ4v) is 14.2.